The van der Waals surface area contributed by atoms with Crippen molar-refractivity contribution in [3.8, 4) is 0 Å². The number of rotatable bonds is 2. The van der Waals surface area contributed by atoms with E-state index in [9.17, 15) is 9.59 Å². The Kier molecular flexibility index (Phi) is 3.42. The zero-order valence-corrected chi connectivity index (χ0v) is 10.9. The minimum absolute atomic E-state index is 0.0733. The van der Waals surface area contributed by atoms with Gasteiger partial charge >= 0.3 is 0 Å². The maximum absolute atomic E-state index is 11.8. The van der Waals surface area contributed by atoms with Gasteiger partial charge in [0.1, 0.15) is 10.6 Å². The molecule has 0 saturated carbocycles. The topological polar surface area (TPSA) is 71.1 Å². The average molecular weight is 298 g/mol. The fourth-order valence-corrected chi connectivity index (χ4v) is 2.09. The molecule has 5 nitrogen and oxygen atoms in total. The first-order valence-electron chi connectivity index (χ1n) is 5.29. The molecule has 1 aliphatic heterocycles. The van der Waals surface area contributed by atoms with Crippen LogP contribution in [0.2, 0.25) is 0 Å². The first kappa shape index (κ1) is 12.0. The van der Waals surface area contributed by atoms with Gasteiger partial charge < -0.3 is 10.6 Å². The fourth-order valence-electron chi connectivity index (χ4n) is 1.69. The second-order valence-corrected chi connectivity index (χ2v) is 4.73. The second kappa shape index (κ2) is 4.83. The lowest BCUT2D eigenvalue weighted by atomic mass is 10.2. The van der Waals surface area contributed by atoms with Gasteiger partial charge in [-0.15, -0.1) is 0 Å². The number of carbonyl (C=O) groups is 2. The number of anilines is 1. The molecule has 0 bridgehead atoms. The molecule has 1 saturated heterocycles. The number of halogens is 1. The first-order chi connectivity index (χ1) is 8.06. The van der Waals surface area contributed by atoms with Crippen molar-refractivity contribution in [1.82, 2.24) is 10.3 Å². The number of nitrogens with zero attached hydrogens (tertiary/aromatic N) is 1. The summed E-state index contributed by atoms with van der Waals surface area (Å²) in [5.41, 5.74) is 1.40. The number of aromatic nitrogens is 1. The van der Waals surface area contributed by atoms with Gasteiger partial charge in [0.05, 0.1) is 11.4 Å². The third kappa shape index (κ3) is 2.82. The number of pyridine rings is 1. The van der Waals surface area contributed by atoms with Gasteiger partial charge in [0.25, 0.3) is 0 Å². The van der Waals surface area contributed by atoms with Gasteiger partial charge in [0.15, 0.2) is 0 Å². The Morgan fingerprint density at radius 2 is 2.35 bits per heavy atom. The van der Waals surface area contributed by atoms with Crippen LogP contribution in [0.25, 0.3) is 0 Å². The predicted molar refractivity (Wildman–Crippen MR) is 66.5 cm³/mol. The molecule has 1 aliphatic rings. The molecule has 2 N–H and O–H groups in total. The standard InChI is InChI=1S/C11H12BrN3O2/c1-6-7(2-4-9(12)13-6)15-11(17)8-3-5-10(16)14-8/h2,4,8H,3,5H2,1H3,(H,14,16)(H,15,17). The Hall–Kier alpha value is -1.43. The van der Waals surface area contributed by atoms with E-state index in [4.69, 9.17) is 0 Å². The summed E-state index contributed by atoms with van der Waals surface area (Å²) in [6, 6.07) is 3.11. The Labute approximate surface area is 107 Å². The molecular weight excluding hydrogens is 286 g/mol. The largest absolute Gasteiger partial charge is 0.344 e. The molecule has 6 heteroatoms. The third-order valence-corrected chi connectivity index (χ3v) is 3.06. The molecule has 1 aromatic heterocycles. The molecule has 0 aromatic carbocycles. The van der Waals surface area contributed by atoms with E-state index >= 15 is 0 Å². The Balaban J connectivity index is 2.05. The maximum atomic E-state index is 11.8. The van der Waals surface area contributed by atoms with Crippen molar-refractivity contribution < 1.29 is 9.59 Å². The van der Waals surface area contributed by atoms with Crippen LogP contribution in [0.5, 0.6) is 0 Å². The van der Waals surface area contributed by atoms with Gasteiger partial charge in [-0.1, -0.05) is 0 Å². The van der Waals surface area contributed by atoms with Crippen LogP contribution < -0.4 is 10.6 Å². The molecule has 1 unspecified atom stereocenters. The van der Waals surface area contributed by atoms with Gasteiger partial charge in [0, 0.05) is 6.42 Å². The predicted octanol–water partition coefficient (Wildman–Crippen LogP) is 1.37. The molecule has 2 heterocycles. The third-order valence-electron chi connectivity index (χ3n) is 2.62. The van der Waals surface area contributed by atoms with E-state index in [1.54, 1.807) is 12.1 Å². The summed E-state index contributed by atoms with van der Waals surface area (Å²) in [7, 11) is 0. The molecule has 1 atom stereocenters. The van der Waals surface area contributed by atoms with Crippen molar-refractivity contribution in [2.75, 3.05) is 5.32 Å². The summed E-state index contributed by atoms with van der Waals surface area (Å²) in [4.78, 5) is 27.0. The van der Waals surface area contributed by atoms with Crippen LogP contribution >= 0.6 is 15.9 Å². The minimum atomic E-state index is -0.425. The smallest absolute Gasteiger partial charge is 0.247 e. The normalized spacial score (nSPS) is 18.9. The van der Waals surface area contributed by atoms with Gasteiger partial charge in [-0.05, 0) is 41.4 Å². The van der Waals surface area contributed by atoms with E-state index in [1.165, 1.54) is 0 Å². The Morgan fingerprint density at radius 1 is 1.59 bits per heavy atom. The summed E-state index contributed by atoms with van der Waals surface area (Å²) in [6.07, 6.45) is 0.962. The van der Waals surface area contributed by atoms with Crippen molar-refractivity contribution in [3.63, 3.8) is 0 Å². The fraction of sp³-hybridized carbons (Fsp3) is 0.364. The molecule has 2 rings (SSSR count). The van der Waals surface area contributed by atoms with E-state index in [2.05, 4.69) is 31.5 Å². The lowest BCUT2D eigenvalue weighted by Crippen LogP contribution is -2.37. The molecule has 1 fully saturated rings. The van der Waals surface area contributed by atoms with Gasteiger partial charge in [0.2, 0.25) is 11.8 Å². The van der Waals surface area contributed by atoms with E-state index in [1.807, 2.05) is 6.92 Å². The van der Waals surface area contributed by atoms with E-state index in [-0.39, 0.29) is 11.8 Å². The van der Waals surface area contributed by atoms with Crippen molar-refractivity contribution in [2.45, 2.75) is 25.8 Å². The van der Waals surface area contributed by atoms with Crippen LogP contribution in [0.4, 0.5) is 5.69 Å². The minimum Gasteiger partial charge on any atom is -0.344 e. The summed E-state index contributed by atoms with van der Waals surface area (Å²) >= 11 is 3.26. The van der Waals surface area contributed by atoms with Crippen LogP contribution in [0.3, 0.4) is 0 Å². The molecule has 17 heavy (non-hydrogen) atoms. The highest BCUT2D eigenvalue weighted by Gasteiger charge is 2.27. The SMILES string of the molecule is Cc1nc(Br)ccc1NC(=O)C1CCC(=O)N1. The van der Waals surface area contributed by atoms with Crippen LogP contribution in [0, 0.1) is 6.92 Å². The highest BCUT2D eigenvalue weighted by molar-refractivity contribution is 9.10. The lowest BCUT2D eigenvalue weighted by Gasteiger charge is -2.12. The molecule has 1 aromatic rings. The van der Waals surface area contributed by atoms with E-state index in [0.29, 0.717) is 18.5 Å². The van der Waals surface area contributed by atoms with Crippen molar-refractivity contribution in [3.05, 3.63) is 22.4 Å². The quantitative estimate of drug-likeness (QED) is 0.810. The van der Waals surface area contributed by atoms with Crippen molar-refractivity contribution in [2.24, 2.45) is 0 Å². The maximum Gasteiger partial charge on any atom is 0.247 e. The highest BCUT2D eigenvalue weighted by atomic mass is 79.9. The lowest BCUT2D eigenvalue weighted by molar-refractivity contribution is -0.122. The number of hydrogen-bond acceptors (Lipinski definition) is 3. The number of hydrogen-bond donors (Lipinski definition) is 2. The Morgan fingerprint density at radius 3 is 2.94 bits per heavy atom. The van der Waals surface area contributed by atoms with Crippen molar-refractivity contribution in [1.29, 1.82) is 0 Å². The van der Waals surface area contributed by atoms with Crippen LogP contribution in [0.15, 0.2) is 16.7 Å². The monoisotopic (exact) mass is 297 g/mol. The highest BCUT2D eigenvalue weighted by Crippen LogP contribution is 2.17. The van der Waals surface area contributed by atoms with Crippen molar-refractivity contribution >= 4 is 33.4 Å². The average Bonchev–Trinajstić information content (AvgIpc) is 2.69. The van der Waals surface area contributed by atoms with Crippen LogP contribution in [-0.2, 0) is 9.59 Å². The molecule has 0 radical (unpaired) electrons. The first-order valence-corrected chi connectivity index (χ1v) is 6.09. The van der Waals surface area contributed by atoms with Gasteiger partial charge in [-0.25, -0.2) is 4.98 Å². The zero-order valence-electron chi connectivity index (χ0n) is 9.29. The number of aryl methyl sites for hydroxylation is 1. The van der Waals surface area contributed by atoms with Gasteiger partial charge in [-0.2, -0.15) is 0 Å². The summed E-state index contributed by atoms with van der Waals surface area (Å²) in [5.74, 6) is -0.265. The summed E-state index contributed by atoms with van der Waals surface area (Å²) in [5, 5.41) is 5.39. The Bertz CT molecular complexity index is 476. The number of carbonyl (C=O) groups excluding carboxylic acids is 2. The van der Waals surface area contributed by atoms with E-state index in [0.717, 1.165) is 10.3 Å². The molecule has 0 aliphatic carbocycles. The number of amides is 2. The molecule has 0 spiro atoms. The molecule has 2 amide bonds. The van der Waals surface area contributed by atoms with Crippen LogP contribution in [-0.4, -0.2) is 22.8 Å². The number of nitrogens with one attached hydrogen (secondary N) is 2. The summed E-state index contributed by atoms with van der Waals surface area (Å²) in [6.45, 7) is 1.81. The molecule has 90 valence electrons. The zero-order chi connectivity index (χ0) is 12.4. The molecular formula is C11H12BrN3O2. The van der Waals surface area contributed by atoms with E-state index < -0.39 is 6.04 Å². The van der Waals surface area contributed by atoms with Crippen LogP contribution in [0.1, 0.15) is 18.5 Å². The van der Waals surface area contributed by atoms with Gasteiger partial charge in [-0.3, -0.25) is 9.59 Å². The second-order valence-electron chi connectivity index (χ2n) is 3.91. The summed E-state index contributed by atoms with van der Waals surface area (Å²) < 4.78 is 0.724.